The second-order valence-corrected chi connectivity index (χ2v) is 8.38. The second-order valence-electron chi connectivity index (χ2n) is 8.01. The average Bonchev–Trinajstić information content (AvgIpc) is 3.30. The topological polar surface area (TPSA) is 138 Å². The van der Waals surface area contributed by atoms with Gasteiger partial charge in [0.2, 0.25) is 0 Å². The predicted molar refractivity (Wildman–Crippen MR) is 168 cm³/mol. The Hall–Kier alpha value is -4.69. The molecule has 0 bridgehead atoms. The van der Waals surface area contributed by atoms with Gasteiger partial charge in [-0.2, -0.15) is 10.3 Å². The SMILES string of the molecule is Cn1c2ccccc2c2cc(-c3ccccn3)ncc21.O=C(O)c1ccnc(-c2ccccn2)c1.[N-]=C=S.[N-]=C=S.[Ru+2]. The smallest absolute Gasteiger partial charge is 0.753 e. The van der Waals surface area contributed by atoms with Gasteiger partial charge in [-0.05, 0) is 48.5 Å². The number of fused-ring (bicyclic) bond motifs is 3. The van der Waals surface area contributed by atoms with Crippen molar-refractivity contribution < 1.29 is 29.4 Å². The number of aromatic nitrogens is 5. The number of para-hydroxylation sites is 1. The Balaban J connectivity index is 0.000000249. The van der Waals surface area contributed by atoms with Crippen LogP contribution >= 0.6 is 24.4 Å². The molecule has 5 heterocycles. The molecule has 0 saturated heterocycles. The van der Waals surface area contributed by atoms with Crippen LogP contribution in [0.25, 0.3) is 55.4 Å². The van der Waals surface area contributed by atoms with Crippen LogP contribution in [0.1, 0.15) is 10.4 Å². The Bertz CT molecular complexity index is 1830. The molecule has 0 aliphatic carbocycles. The van der Waals surface area contributed by atoms with E-state index in [9.17, 15) is 4.79 Å². The predicted octanol–water partition coefficient (Wildman–Crippen LogP) is 6.95. The molecule has 9 nitrogen and oxygen atoms in total. The molecular formula is C30H21N7O2RuS2. The van der Waals surface area contributed by atoms with Crippen LogP contribution in [0.5, 0.6) is 0 Å². The number of aromatic carboxylic acids is 1. The van der Waals surface area contributed by atoms with Crippen LogP contribution in [0.15, 0.2) is 104 Å². The van der Waals surface area contributed by atoms with Crippen LogP contribution in [0.3, 0.4) is 0 Å². The normalized spacial score (nSPS) is 9.26. The number of isothiocyanates is 2. The average molecular weight is 677 g/mol. The Morgan fingerprint density at radius 1 is 0.714 bits per heavy atom. The minimum atomic E-state index is -0.963. The Kier molecular flexibility index (Phi) is 13.7. The molecule has 0 spiro atoms. The van der Waals surface area contributed by atoms with E-state index in [-0.39, 0.29) is 25.0 Å². The van der Waals surface area contributed by atoms with E-state index >= 15 is 0 Å². The van der Waals surface area contributed by atoms with Crippen LogP contribution < -0.4 is 0 Å². The van der Waals surface area contributed by atoms with Gasteiger partial charge in [0.05, 0.1) is 40.1 Å². The van der Waals surface area contributed by atoms with E-state index in [1.807, 2.05) is 30.5 Å². The first kappa shape index (κ1) is 33.5. The zero-order valence-electron chi connectivity index (χ0n) is 22.0. The molecule has 12 heteroatoms. The molecule has 6 aromatic rings. The van der Waals surface area contributed by atoms with Crippen molar-refractivity contribution in [3.63, 3.8) is 0 Å². The van der Waals surface area contributed by atoms with Crippen molar-refractivity contribution >= 4 is 62.5 Å². The van der Waals surface area contributed by atoms with Crippen molar-refractivity contribution in [2.24, 2.45) is 7.05 Å². The number of benzene rings is 1. The van der Waals surface area contributed by atoms with E-state index in [2.05, 4.69) is 86.3 Å². The number of nitrogens with zero attached hydrogens (tertiary/aromatic N) is 7. The summed E-state index contributed by atoms with van der Waals surface area (Å²) < 4.78 is 2.18. The zero-order valence-corrected chi connectivity index (χ0v) is 25.3. The third-order valence-electron chi connectivity index (χ3n) is 5.66. The van der Waals surface area contributed by atoms with E-state index in [1.165, 1.54) is 44.9 Å². The van der Waals surface area contributed by atoms with Crippen molar-refractivity contribution in [2.45, 2.75) is 0 Å². The summed E-state index contributed by atoms with van der Waals surface area (Å²) in [4.78, 5) is 27.8. The fourth-order valence-electron chi connectivity index (χ4n) is 3.93. The molecule has 0 fully saturated rings. The molecule has 0 radical (unpaired) electrons. The number of hydrogen-bond donors (Lipinski definition) is 1. The zero-order chi connectivity index (χ0) is 29.6. The third kappa shape index (κ3) is 8.65. The van der Waals surface area contributed by atoms with Gasteiger partial charge in [-0.15, -0.1) is 0 Å². The summed E-state index contributed by atoms with van der Waals surface area (Å²) in [7, 11) is 2.08. The summed E-state index contributed by atoms with van der Waals surface area (Å²) in [6.45, 7) is 0. The molecule has 6 rings (SSSR count). The fraction of sp³-hybridized carbons (Fsp3) is 0.0333. The maximum Gasteiger partial charge on any atom is 2.00 e. The van der Waals surface area contributed by atoms with Gasteiger partial charge in [0, 0.05) is 41.9 Å². The van der Waals surface area contributed by atoms with Gasteiger partial charge in [0.15, 0.2) is 0 Å². The van der Waals surface area contributed by atoms with E-state index in [0.717, 1.165) is 16.9 Å². The van der Waals surface area contributed by atoms with Crippen LogP contribution in [-0.4, -0.2) is 45.9 Å². The van der Waals surface area contributed by atoms with Crippen molar-refractivity contribution in [2.75, 3.05) is 0 Å². The molecule has 0 aliphatic heterocycles. The molecule has 1 N–H and O–H groups in total. The van der Waals surface area contributed by atoms with Crippen molar-refractivity contribution in [3.8, 4) is 22.8 Å². The maximum atomic E-state index is 10.7. The molecule has 0 saturated carbocycles. The minimum absolute atomic E-state index is 0. The van der Waals surface area contributed by atoms with Gasteiger partial charge in [-0.1, -0.05) is 54.8 Å². The number of pyridine rings is 4. The largest absolute Gasteiger partial charge is 2.00 e. The first-order valence-electron chi connectivity index (χ1n) is 11.8. The number of thiocarbonyl (C=S) groups is 2. The molecule has 208 valence electrons. The van der Waals surface area contributed by atoms with Crippen LogP contribution in [0.4, 0.5) is 0 Å². The molecule has 5 aromatic heterocycles. The number of hydrogen-bond acceptors (Lipinski definition) is 7. The van der Waals surface area contributed by atoms with Crippen molar-refractivity contribution in [1.82, 2.24) is 24.5 Å². The molecular weight excluding hydrogens is 656 g/mol. The van der Waals surface area contributed by atoms with Crippen molar-refractivity contribution in [1.29, 1.82) is 0 Å². The number of carbonyl (C=O) groups is 1. The summed E-state index contributed by atoms with van der Waals surface area (Å²) in [6.07, 6.45) is 6.83. The van der Waals surface area contributed by atoms with Gasteiger partial charge in [-0.3, -0.25) is 19.9 Å². The van der Waals surface area contributed by atoms with Gasteiger partial charge >= 0.3 is 25.4 Å². The minimum Gasteiger partial charge on any atom is -0.753 e. The molecule has 1 aromatic carbocycles. The van der Waals surface area contributed by atoms with E-state index in [0.29, 0.717) is 11.4 Å². The van der Waals surface area contributed by atoms with Gasteiger partial charge in [-0.25, -0.2) is 4.79 Å². The van der Waals surface area contributed by atoms with Gasteiger partial charge in [0.1, 0.15) is 0 Å². The summed E-state index contributed by atoms with van der Waals surface area (Å²) in [5.74, 6) is -0.963. The van der Waals surface area contributed by atoms with Gasteiger partial charge < -0.3 is 20.5 Å². The summed E-state index contributed by atoms with van der Waals surface area (Å²) in [5.41, 5.74) is 5.63. The van der Waals surface area contributed by atoms with E-state index in [4.69, 9.17) is 15.9 Å². The standard InChI is InChI=1S/C17H13N3.C11H8N2O2.2CNS.Ru/c1-20-16-8-3-2-6-12(16)13-10-15(19-11-17(13)20)14-7-4-5-9-18-14;14-11(15)8-4-6-13-10(7-8)9-3-1-2-5-12-9;2*2-1-3;/h2-11H,1H3;1-7H,(H,14,15);;;/q;;2*-1;+2. The third-order valence-corrected chi connectivity index (χ3v) is 5.66. The molecule has 0 aliphatic rings. The monoisotopic (exact) mass is 677 g/mol. The quantitative estimate of drug-likeness (QED) is 0.121. The number of carboxylic acids is 1. The second kappa shape index (κ2) is 17.2. The summed E-state index contributed by atoms with van der Waals surface area (Å²) >= 11 is 7.40. The van der Waals surface area contributed by atoms with Crippen LogP contribution in [0.2, 0.25) is 0 Å². The Labute approximate surface area is 265 Å². The fourth-order valence-corrected chi connectivity index (χ4v) is 3.93. The first-order chi connectivity index (χ1) is 19.9. The molecule has 0 atom stereocenters. The molecule has 0 amide bonds. The van der Waals surface area contributed by atoms with Crippen LogP contribution in [0, 0.1) is 0 Å². The van der Waals surface area contributed by atoms with Gasteiger partial charge in [0.25, 0.3) is 0 Å². The van der Waals surface area contributed by atoms with E-state index in [1.54, 1.807) is 24.5 Å². The van der Waals surface area contributed by atoms with Crippen molar-refractivity contribution in [3.05, 3.63) is 120 Å². The molecule has 0 unspecified atom stereocenters. The number of aryl methyl sites for hydroxylation is 1. The first-order valence-corrected chi connectivity index (χ1v) is 12.6. The Morgan fingerprint density at radius 3 is 1.79 bits per heavy atom. The Morgan fingerprint density at radius 2 is 1.24 bits per heavy atom. The number of carboxylic acid groups (broad SMARTS) is 1. The summed E-state index contributed by atoms with van der Waals surface area (Å²) in [6, 6.07) is 24.8. The van der Waals surface area contributed by atoms with Crippen LogP contribution in [-0.2, 0) is 26.5 Å². The molecule has 42 heavy (non-hydrogen) atoms. The number of rotatable bonds is 3. The maximum absolute atomic E-state index is 10.7. The summed E-state index contributed by atoms with van der Waals surface area (Å²) in [5, 5.41) is 28.2. The van der Waals surface area contributed by atoms with E-state index < -0.39 is 5.97 Å².